The molecule has 1 aliphatic rings. The zero-order chi connectivity index (χ0) is 13.0. The Hall–Kier alpha value is -1.40. The highest BCUT2D eigenvalue weighted by molar-refractivity contribution is 5.93. The maximum atomic E-state index is 12.2. The van der Waals surface area contributed by atoms with Crippen LogP contribution in [0, 0.1) is 5.92 Å². The number of hydrogen-bond acceptors (Lipinski definition) is 4. The van der Waals surface area contributed by atoms with E-state index in [1.807, 2.05) is 19.0 Å². The van der Waals surface area contributed by atoms with Gasteiger partial charge in [0, 0.05) is 31.7 Å². The number of aromatic nitrogens is 2. The predicted molar refractivity (Wildman–Crippen MR) is 67.4 cm³/mol. The fraction of sp³-hybridized carbons (Fsp3) is 0.667. The lowest BCUT2D eigenvalue weighted by atomic mass is 10.1. The van der Waals surface area contributed by atoms with Crippen molar-refractivity contribution in [3.63, 3.8) is 0 Å². The van der Waals surface area contributed by atoms with Crippen molar-refractivity contribution >= 4 is 5.91 Å². The molecule has 1 aromatic rings. The molecule has 1 amide bonds. The van der Waals surface area contributed by atoms with Gasteiger partial charge < -0.3 is 14.5 Å². The molecule has 1 aromatic heterocycles. The first kappa shape index (κ1) is 13.0. The number of ether oxygens (including phenoxy) is 1. The SMILES string of the molecule is CN(C)C[C@H]1COCCN(C(=O)c2cn[nH]c2)C1. The lowest BCUT2D eigenvalue weighted by Crippen LogP contribution is -2.38. The molecule has 100 valence electrons. The van der Waals surface area contributed by atoms with Crippen LogP contribution in [0.3, 0.4) is 0 Å². The fourth-order valence-corrected chi connectivity index (χ4v) is 2.24. The molecule has 1 fully saturated rings. The molecule has 1 saturated heterocycles. The minimum Gasteiger partial charge on any atom is -0.379 e. The van der Waals surface area contributed by atoms with Gasteiger partial charge in [0.2, 0.25) is 0 Å². The van der Waals surface area contributed by atoms with Gasteiger partial charge in [0.1, 0.15) is 0 Å². The van der Waals surface area contributed by atoms with Crippen LogP contribution < -0.4 is 0 Å². The number of amides is 1. The minimum absolute atomic E-state index is 0.0259. The average Bonchev–Trinajstić information content (AvgIpc) is 2.75. The molecule has 0 bridgehead atoms. The Balaban J connectivity index is 2.00. The monoisotopic (exact) mass is 252 g/mol. The molecule has 0 saturated carbocycles. The quantitative estimate of drug-likeness (QED) is 0.826. The number of nitrogens with zero attached hydrogens (tertiary/aromatic N) is 3. The summed E-state index contributed by atoms with van der Waals surface area (Å²) in [4.78, 5) is 16.2. The van der Waals surface area contributed by atoms with E-state index >= 15 is 0 Å². The smallest absolute Gasteiger partial charge is 0.257 e. The summed E-state index contributed by atoms with van der Waals surface area (Å²) in [5, 5.41) is 6.49. The van der Waals surface area contributed by atoms with E-state index in [2.05, 4.69) is 15.1 Å². The Morgan fingerprint density at radius 1 is 1.67 bits per heavy atom. The van der Waals surface area contributed by atoms with Gasteiger partial charge in [0.25, 0.3) is 5.91 Å². The summed E-state index contributed by atoms with van der Waals surface area (Å²) in [6.45, 7) is 3.63. The Morgan fingerprint density at radius 2 is 2.50 bits per heavy atom. The van der Waals surface area contributed by atoms with Crippen LogP contribution in [0.15, 0.2) is 12.4 Å². The molecular formula is C12H20N4O2. The zero-order valence-corrected chi connectivity index (χ0v) is 10.9. The lowest BCUT2D eigenvalue weighted by molar-refractivity contribution is 0.0735. The summed E-state index contributed by atoms with van der Waals surface area (Å²) in [5.41, 5.74) is 0.612. The largest absolute Gasteiger partial charge is 0.379 e. The van der Waals surface area contributed by atoms with Crippen LogP contribution in [-0.4, -0.2) is 72.8 Å². The number of aromatic amines is 1. The van der Waals surface area contributed by atoms with Gasteiger partial charge in [-0.2, -0.15) is 5.10 Å². The topological polar surface area (TPSA) is 61.5 Å². The Morgan fingerprint density at radius 3 is 3.17 bits per heavy atom. The fourth-order valence-electron chi connectivity index (χ4n) is 2.24. The van der Waals surface area contributed by atoms with Crippen LogP contribution in [-0.2, 0) is 4.74 Å². The molecule has 6 nitrogen and oxygen atoms in total. The molecule has 18 heavy (non-hydrogen) atoms. The van der Waals surface area contributed by atoms with E-state index in [4.69, 9.17) is 4.74 Å². The number of hydrogen-bond donors (Lipinski definition) is 1. The van der Waals surface area contributed by atoms with Gasteiger partial charge in [0.15, 0.2) is 0 Å². The maximum absolute atomic E-state index is 12.2. The Labute approximate surface area is 107 Å². The van der Waals surface area contributed by atoms with Crippen molar-refractivity contribution in [2.45, 2.75) is 0 Å². The van der Waals surface area contributed by atoms with Gasteiger partial charge in [-0.1, -0.05) is 0 Å². The summed E-state index contributed by atoms with van der Waals surface area (Å²) < 4.78 is 5.56. The van der Waals surface area contributed by atoms with E-state index in [1.165, 1.54) is 0 Å². The normalized spacial score (nSPS) is 21.1. The lowest BCUT2D eigenvalue weighted by Gasteiger charge is -2.25. The standard InChI is InChI=1S/C12H20N4O2/c1-15(2)7-10-8-16(3-4-18-9-10)12(17)11-5-13-14-6-11/h5-6,10H,3-4,7-9H2,1-2H3,(H,13,14)/t10-/m1/s1. The number of nitrogens with one attached hydrogen (secondary N) is 1. The van der Waals surface area contributed by atoms with Gasteiger partial charge >= 0.3 is 0 Å². The van der Waals surface area contributed by atoms with Crippen LogP contribution in [0.2, 0.25) is 0 Å². The molecule has 2 rings (SSSR count). The highest BCUT2D eigenvalue weighted by atomic mass is 16.5. The van der Waals surface area contributed by atoms with Crippen molar-refractivity contribution in [2.24, 2.45) is 5.92 Å². The molecule has 2 heterocycles. The molecule has 6 heteroatoms. The van der Waals surface area contributed by atoms with Crippen molar-refractivity contribution in [2.75, 3.05) is 46.9 Å². The van der Waals surface area contributed by atoms with Gasteiger partial charge in [-0.15, -0.1) is 0 Å². The first-order valence-electron chi connectivity index (χ1n) is 6.17. The van der Waals surface area contributed by atoms with Crippen LogP contribution in [0.5, 0.6) is 0 Å². The molecule has 0 aliphatic carbocycles. The third kappa shape index (κ3) is 3.30. The molecule has 1 atom stereocenters. The number of H-pyrrole nitrogens is 1. The van der Waals surface area contributed by atoms with E-state index < -0.39 is 0 Å². The second-order valence-corrected chi connectivity index (χ2v) is 4.94. The maximum Gasteiger partial charge on any atom is 0.257 e. The minimum atomic E-state index is 0.0259. The van der Waals surface area contributed by atoms with Gasteiger partial charge in [-0.05, 0) is 14.1 Å². The Bertz CT molecular complexity index is 377. The number of rotatable bonds is 3. The average molecular weight is 252 g/mol. The number of carbonyl (C=O) groups is 1. The molecular weight excluding hydrogens is 232 g/mol. The molecule has 1 N–H and O–H groups in total. The van der Waals surface area contributed by atoms with Crippen LogP contribution in [0.4, 0.5) is 0 Å². The predicted octanol–water partition coefficient (Wildman–Crippen LogP) is 0.0599. The summed E-state index contributed by atoms with van der Waals surface area (Å²) in [5.74, 6) is 0.386. The van der Waals surface area contributed by atoms with Gasteiger partial charge in [-0.25, -0.2) is 0 Å². The van der Waals surface area contributed by atoms with E-state index in [9.17, 15) is 4.79 Å². The van der Waals surface area contributed by atoms with Gasteiger partial charge in [0.05, 0.1) is 25.0 Å². The highest BCUT2D eigenvalue weighted by Crippen LogP contribution is 2.11. The second-order valence-electron chi connectivity index (χ2n) is 4.94. The molecule has 0 unspecified atom stereocenters. The first-order chi connectivity index (χ1) is 8.66. The summed E-state index contributed by atoms with van der Waals surface area (Å²) in [6.07, 6.45) is 3.20. The van der Waals surface area contributed by atoms with Crippen molar-refractivity contribution in [3.8, 4) is 0 Å². The Kier molecular flexibility index (Phi) is 4.33. The van der Waals surface area contributed by atoms with Crippen molar-refractivity contribution in [1.82, 2.24) is 20.0 Å². The molecule has 1 aliphatic heterocycles. The third-order valence-corrected chi connectivity index (χ3v) is 2.99. The van der Waals surface area contributed by atoms with Crippen molar-refractivity contribution in [3.05, 3.63) is 18.0 Å². The molecule has 0 spiro atoms. The van der Waals surface area contributed by atoms with Crippen molar-refractivity contribution < 1.29 is 9.53 Å². The summed E-state index contributed by atoms with van der Waals surface area (Å²) in [6, 6.07) is 0. The van der Waals surface area contributed by atoms with E-state index in [0.29, 0.717) is 31.2 Å². The van der Waals surface area contributed by atoms with Crippen LogP contribution in [0.25, 0.3) is 0 Å². The zero-order valence-electron chi connectivity index (χ0n) is 10.9. The third-order valence-electron chi connectivity index (χ3n) is 2.99. The van der Waals surface area contributed by atoms with E-state index in [0.717, 1.165) is 13.1 Å². The van der Waals surface area contributed by atoms with Crippen molar-refractivity contribution in [1.29, 1.82) is 0 Å². The number of carbonyl (C=O) groups excluding carboxylic acids is 1. The first-order valence-corrected chi connectivity index (χ1v) is 6.17. The highest BCUT2D eigenvalue weighted by Gasteiger charge is 2.24. The van der Waals surface area contributed by atoms with E-state index in [-0.39, 0.29) is 5.91 Å². The molecule has 0 radical (unpaired) electrons. The van der Waals surface area contributed by atoms with E-state index in [1.54, 1.807) is 12.4 Å². The second kappa shape index (κ2) is 5.97. The van der Waals surface area contributed by atoms with Crippen LogP contribution >= 0.6 is 0 Å². The summed E-state index contributed by atoms with van der Waals surface area (Å²) in [7, 11) is 4.07. The van der Waals surface area contributed by atoms with Crippen LogP contribution in [0.1, 0.15) is 10.4 Å². The summed E-state index contributed by atoms with van der Waals surface area (Å²) >= 11 is 0. The molecule has 0 aromatic carbocycles. The van der Waals surface area contributed by atoms with Gasteiger partial charge in [-0.3, -0.25) is 9.89 Å².